The van der Waals surface area contributed by atoms with Crippen molar-refractivity contribution in [3.63, 3.8) is 0 Å². The number of methoxy groups -OCH3 is 3. The minimum Gasteiger partial charge on any atom is -0.507 e. The summed E-state index contributed by atoms with van der Waals surface area (Å²) in [5.41, 5.74) is -0.134. The Morgan fingerprint density at radius 3 is 2.22 bits per heavy atom. The van der Waals surface area contributed by atoms with E-state index in [1.54, 1.807) is 19.1 Å². The lowest BCUT2D eigenvalue weighted by molar-refractivity contribution is -0.125. The van der Waals surface area contributed by atoms with Crippen LogP contribution in [0.2, 0.25) is 0 Å². The summed E-state index contributed by atoms with van der Waals surface area (Å²) in [6.07, 6.45) is 6.05. The smallest absolute Gasteiger partial charge is 0.343 e. The number of aromatic hydroxyl groups is 1. The molecule has 1 atom stereocenters. The largest absolute Gasteiger partial charge is 0.507 e. The number of ether oxygens (including phenoxy) is 3. The molecule has 4 fully saturated rings. The van der Waals surface area contributed by atoms with E-state index in [1.165, 1.54) is 59.5 Å². The van der Waals surface area contributed by atoms with Crippen molar-refractivity contribution in [3.8, 4) is 23.0 Å². The summed E-state index contributed by atoms with van der Waals surface area (Å²) in [5, 5.41) is 14.1. The van der Waals surface area contributed by atoms with E-state index in [0.717, 1.165) is 11.8 Å². The van der Waals surface area contributed by atoms with Crippen molar-refractivity contribution < 1.29 is 28.5 Å². The molecule has 0 radical (unpaired) electrons. The summed E-state index contributed by atoms with van der Waals surface area (Å²) >= 11 is 0. The van der Waals surface area contributed by atoms with Crippen LogP contribution in [0.3, 0.4) is 0 Å². The molecular formula is C28H35NO7. The lowest BCUT2D eigenvalue weighted by atomic mass is 9.54. The predicted octanol–water partition coefficient (Wildman–Crippen LogP) is 4.14. The zero-order valence-corrected chi connectivity index (χ0v) is 21.3. The van der Waals surface area contributed by atoms with Gasteiger partial charge in [0, 0.05) is 30.0 Å². The summed E-state index contributed by atoms with van der Waals surface area (Å²) in [6.45, 7) is 1.59. The Hall–Kier alpha value is -3.16. The summed E-state index contributed by atoms with van der Waals surface area (Å²) in [7, 11) is 4.51. The van der Waals surface area contributed by atoms with Gasteiger partial charge in [-0.25, -0.2) is 4.79 Å². The third-order valence-electron chi connectivity index (χ3n) is 8.49. The van der Waals surface area contributed by atoms with Crippen LogP contribution in [-0.2, 0) is 4.79 Å². The Bertz CT molecular complexity index is 1180. The summed E-state index contributed by atoms with van der Waals surface area (Å²) in [4.78, 5) is 26.5. The first kappa shape index (κ1) is 24.5. The molecule has 0 aliphatic heterocycles. The number of aryl methyl sites for hydroxylation is 1. The van der Waals surface area contributed by atoms with Gasteiger partial charge in [-0.15, -0.1) is 0 Å². The van der Waals surface area contributed by atoms with E-state index in [9.17, 15) is 14.7 Å². The maximum absolute atomic E-state index is 13.5. The Kier molecular flexibility index (Phi) is 6.62. The Labute approximate surface area is 210 Å². The van der Waals surface area contributed by atoms with Crippen LogP contribution in [0.4, 0.5) is 0 Å². The Morgan fingerprint density at radius 1 is 1.03 bits per heavy atom. The lowest BCUT2D eigenvalue weighted by Crippen LogP contribution is -2.56. The highest BCUT2D eigenvalue weighted by molar-refractivity contribution is 5.78. The summed E-state index contributed by atoms with van der Waals surface area (Å²) in [5.74, 6) is 2.90. The minimum atomic E-state index is -0.812. The zero-order chi connectivity index (χ0) is 25.6. The Morgan fingerprint density at radius 2 is 1.67 bits per heavy atom. The molecule has 0 saturated heterocycles. The fourth-order valence-corrected chi connectivity index (χ4v) is 7.28. The quantitative estimate of drug-likeness (QED) is 0.564. The van der Waals surface area contributed by atoms with Crippen LogP contribution in [0.25, 0.3) is 0 Å². The van der Waals surface area contributed by atoms with E-state index in [-0.39, 0.29) is 35.4 Å². The van der Waals surface area contributed by atoms with Crippen molar-refractivity contribution in [3.05, 3.63) is 45.5 Å². The third-order valence-corrected chi connectivity index (χ3v) is 8.49. The van der Waals surface area contributed by atoms with Gasteiger partial charge in [0.1, 0.15) is 11.5 Å². The van der Waals surface area contributed by atoms with Gasteiger partial charge in [-0.3, -0.25) is 4.79 Å². The molecule has 1 aromatic heterocycles. The molecule has 4 saturated carbocycles. The summed E-state index contributed by atoms with van der Waals surface area (Å²) in [6, 6.07) is 5.00. The minimum absolute atomic E-state index is 0.0198. The second-order valence-electron chi connectivity index (χ2n) is 10.6. The molecule has 1 aromatic carbocycles. The van der Waals surface area contributed by atoms with E-state index in [1.807, 2.05) is 0 Å². The SMILES string of the molecule is COc1ccc([C@H](CC(=O)NC2C3CC4CC(C3)CC2C4)c2c(O)cc(C)oc2=O)c(OC)c1OC. The molecule has 8 heteroatoms. The average Bonchev–Trinajstić information content (AvgIpc) is 2.83. The molecule has 194 valence electrons. The molecule has 1 amide bonds. The van der Waals surface area contributed by atoms with Crippen LogP contribution >= 0.6 is 0 Å². The molecule has 4 aliphatic rings. The van der Waals surface area contributed by atoms with Crippen molar-refractivity contribution in [1.29, 1.82) is 0 Å². The molecule has 4 aliphatic carbocycles. The van der Waals surface area contributed by atoms with Crippen molar-refractivity contribution in [2.24, 2.45) is 23.7 Å². The zero-order valence-electron chi connectivity index (χ0n) is 21.3. The van der Waals surface area contributed by atoms with E-state index in [2.05, 4.69) is 5.32 Å². The van der Waals surface area contributed by atoms with E-state index < -0.39 is 11.5 Å². The molecule has 0 unspecified atom stereocenters. The second kappa shape index (κ2) is 9.71. The predicted molar refractivity (Wildman–Crippen MR) is 133 cm³/mol. The van der Waals surface area contributed by atoms with Crippen LogP contribution in [0.1, 0.15) is 61.3 Å². The molecule has 6 rings (SSSR count). The first-order chi connectivity index (χ1) is 17.3. The van der Waals surface area contributed by atoms with Crippen molar-refractivity contribution in [1.82, 2.24) is 5.32 Å². The van der Waals surface area contributed by atoms with Gasteiger partial charge >= 0.3 is 5.63 Å². The fraction of sp³-hybridized carbons (Fsp3) is 0.571. The van der Waals surface area contributed by atoms with Crippen LogP contribution in [0.15, 0.2) is 27.4 Å². The van der Waals surface area contributed by atoms with Crippen LogP contribution in [-0.4, -0.2) is 38.4 Å². The highest BCUT2D eigenvalue weighted by Gasteiger charge is 2.48. The van der Waals surface area contributed by atoms with Gasteiger partial charge < -0.3 is 29.1 Å². The first-order valence-corrected chi connectivity index (χ1v) is 12.7. The summed E-state index contributed by atoms with van der Waals surface area (Å²) < 4.78 is 22.0. The highest BCUT2D eigenvalue weighted by Crippen LogP contribution is 2.54. The third kappa shape index (κ3) is 4.31. The Balaban J connectivity index is 1.50. The van der Waals surface area contributed by atoms with Gasteiger partial charge in [-0.05, 0) is 68.8 Å². The van der Waals surface area contributed by atoms with Crippen LogP contribution in [0.5, 0.6) is 23.0 Å². The standard InChI is InChI=1S/C28H35NO7/c1-14-7-21(30)24(28(32)36-14)20(19-5-6-22(33-2)27(35-4)26(19)34-3)13-23(31)29-25-17-9-15-8-16(11-17)12-18(25)10-15/h5-7,15-18,20,25,30H,8-13H2,1-4H3,(H,29,31)/t15?,16?,17?,18?,20-,25?/m0/s1. The molecule has 2 N–H and O–H groups in total. The normalized spacial score (nSPS) is 26.9. The topological polar surface area (TPSA) is 107 Å². The molecule has 8 nitrogen and oxygen atoms in total. The van der Waals surface area contributed by atoms with Gasteiger partial charge in [0.05, 0.1) is 26.9 Å². The maximum Gasteiger partial charge on any atom is 0.343 e. The molecule has 2 aromatic rings. The molecule has 0 spiro atoms. The maximum atomic E-state index is 13.5. The number of hydrogen-bond donors (Lipinski definition) is 2. The molecular weight excluding hydrogens is 462 g/mol. The number of rotatable bonds is 8. The van der Waals surface area contributed by atoms with Crippen molar-refractivity contribution >= 4 is 5.91 Å². The van der Waals surface area contributed by atoms with Crippen molar-refractivity contribution in [2.45, 2.75) is 57.4 Å². The van der Waals surface area contributed by atoms with Gasteiger partial charge in [0.15, 0.2) is 11.5 Å². The second-order valence-corrected chi connectivity index (χ2v) is 10.6. The van der Waals surface area contributed by atoms with Gasteiger partial charge in [-0.1, -0.05) is 6.07 Å². The number of hydrogen-bond acceptors (Lipinski definition) is 7. The van der Waals surface area contributed by atoms with Gasteiger partial charge in [0.25, 0.3) is 0 Å². The fourth-order valence-electron chi connectivity index (χ4n) is 7.28. The molecule has 4 bridgehead atoms. The molecule has 1 heterocycles. The highest BCUT2D eigenvalue weighted by atomic mass is 16.5. The van der Waals surface area contributed by atoms with E-state index in [4.69, 9.17) is 18.6 Å². The number of amides is 1. The number of carbonyl (C=O) groups excluding carboxylic acids is 1. The lowest BCUT2D eigenvalue weighted by Gasteiger charge is -2.54. The first-order valence-electron chi connectivity index (χ1n) is 12.7. The van der Waals surface area contributed by atoms with Crippen LogP contribution < -0.4 is 25.2 Å². The van der Waals surface area contributed by atoms with E-state index >= 15 is 0 Å². The monoisotopic (exact) mass is 497 g/mol. The number of carbonyl (C=O) groups is 1. The number of benzene rings is 1. The average molecular weight is 498 g/mol. The van der Waals surface area contributed by atoms with Gasteiger partial charge in [-0.2, -0.15) is 0 Å². The number of nitrogens with one attached hydrogen (secondary N) is 1. The van der Waals surface area contributed by atoms with Crippen LogP contribution in [0, 0.1) is 30.6 Å². The van der Waals surface area contributed by atoms with E-state index in [0.29, 0.717) is 34.6 Å². The molecule has 36 heavy (non-hydrogen) atoms. The van der Waals surface area contributed by atoms with Crippen molar-refractivity contribution in [2.75, 3.05) is 21.3 Å². The van der Waals surface area contributed by atoms with Gasteiger partial charge in [0.2, 0.25) is 11.7 Å².